The van der Waals surface area contributed by atoms with Gasteiger partial charge in [-0.2, -0.15) is 0 Å². The molecule has 2 aliphatic rings. The van der Waals surface area contributed by atoms with E-state index < -0.39 is 17.7 Å². The standard InChI is InChI=1S/C15H25NO4/c1-15(2,3)20-14(19)16-12(8-13(17)18)11-7-9-4-5-10(11)6-9/h9-12H,4-8H2,1-3H3,(H,16,19)(H,17,18)/t9?,10?,11?,12-/m1/s1. The smallest absolute Gasteiger partial charge is 0.407 e. The number of amides is 1. The van der Waals surface area contributed by atoms with Gasteiger partial charge in [-0.15, -0.1) is 0 Å². The molecule has 0 aromatic carbocycles. The Balaban J connectivity index is 1.97. The number of ether oxygens (including phenoxy) is 1. The topological polar surface area (TPSA) is 75.6 Å². The molecule has 2 bridgehead atoms. The first kappa shape index (κ1) is 15.1. The van der Waals surface area contributed by atoms with Crippen molar-refractivity contribution in [1.82, 2.24) is 5.32 Å². The third-order valence-corrected chi connectivity index (χ3v) is 4.41. The summed E-state index contributed by atoms with van der Waals surface area (Å²) in [6.45, 7) is 5.41. The maximum Gasteiger partial charge on any atom is 0.407 e. The Labute approximate surface area is 120 Å². The number of fused-ring (bicyclic) bond motifs is 2. The molecule has 0 spiro atoms. The van der Waals surface area contributed by atoms with Gasteiger partial charge in [0.05, 0.1) is 6.42 Å². The summed E-state index contributed by atoms with van der Waals surface area (Å²) in [7, 11) is 0. The summed E-state index contributed by atoms with van der Waals surface area (Å²) in [5.41, 5.74) is -0.563. The summed E-state index contributed by atoms with van der Waals surface area (Å²) >= 11 is 0. The summed E-state index contributed by atoms with van der Waals surface area (Å²) in [5, 5.41) is 11.9. The van der Waals surface area contributed by atoms with Crippen molar-refractivity contribution in [2.75, 3.05) is 0 Å². The van der Waals surface area contributed by atoms with Crippen LogP contribution in [-0.4, -0.2) is 28.8 Å². The number of hydrogen-bond acceptors (Lipinski definition) is 3. The molecule has 0 aliphatic heterocycles. The fourth-order valence-electron chi connectivity index (χ4n) is 3.74. The molecule has 5 heteroatoms. The number of carbonyl (C=O) groups is 2. The number of aliphatic carboxylic acids is 1. The lowest BCUT2D eigenvalue weighted by molar-refractivity contribution is -0.138. The molecule has 2 rings (SSSR count). The van der Waals surface area contributed by atoms with Gasteiger partial charge in [0.1, 0.15) is 5.60 Å². The third kappa shape index (κ3) is 3.87. The van der Waals surface area contributed by atoms with Crippen molar-refractivity contribution >= 4 is 12.1 Å². The van der Waals surface area contributed by atoms with Gasteiger partial charge in [-0.3, -0.25) is 4.79 Å². The first-order valence-corrected chi connectivity index (χ1v) is 7.46. The largest absolute Gasteiger partial charge is 0.481 e. The molecule has 0 radical (unpaired) electrons. The second kappa shape index (κ2) is 5.62. The highest BCUT2D eigenvalue weighted by molar-refractivity contribution is 5.71. The Morgan fingerprint density at radius 3 is 2.45 bits per heavy atom. The second-order valence-corrected chi connectivity index (χ2v) is 7.19. The van der Waals surface area contributed by atoms with Gasteiger partial charge in [-0.1, -0.05) is 6.42 Å². The Bertz CT molecular complexity index is 388. The quantitative estimate of drug-likeness (QED) is 0.832. The summed E-state index contributed by atoms with van der Waals surface area (Å²) in [4.78, 5) is 22.9. The summed E-state index contributed by atoms with van der Waals surface area (Å²) in [5.74, 6) is 0.715. The lowest BCUT2D eigenvalue weighted by Gasteiger charge is -2.31. The van der Waals surface area contributed by atoms with E-state index in [9.17, 15) is 9.59 Å². The lowest BCUT2D eigenvalue weighted by atomic mass is 9.82. The summed E-state index contributed by atoms with van der Waals surface area (Å²) < 4.78 is 5.25. The van der Waals surface area contributed by atoms with Crippen LogP contribution >= 0.6 is 0 Å². The van der Waals surface area contributed by atoms with Crippen LogP contribution in [-0.2, 0) is 9.53 Å². The number of hydrogen-bond donors (Lipinski definition) is 2. The van der Waals surface area contributed by atoms with E-state index in [1.165, 1.54) is 19.3 Å². The van der Waals surface area contributed by atoms with E-state index >= 15 is 0 Å². The molecule has 2 saturated carbocycles. The van der Waals surface area contributed by atoms with Crippen LogP contribution in [0.4, 0.5) is 4.79 Å². The van der Waals surface area contributed by atoms with Crippen molar-refractivity contribution in [1.29, 1.82) is 0 Å². The lowest BCUT2D eigenvalue weighted by Crippen LogP contribution is -2.45. The Hall–Kier alpha value is -1.26. The molecule has 1 amide bonds. The molecule has 2 N–H and O–H groups in total. The third-order valence-electron chi connectivity index (χ3n) is 4.41. The Morgan fingerprint density at radius 1 is 1.30 bits per heavy atom. The molecule has 0 aromatic rings. The normalized spacial score (nSPS) is 30.1. The zero-order chi connectivity index (χ0) is 14.9. The van der Waals surface area contributed by atoms with Gasteiger partial charge in [-0.25, -0.2) is 4.79 Å². The predicted molar refractivity (Wildman–Crippen MR) is 74.3 cm³/mol. The van der Waals surface area contributed by atoms with Crippen molar-refractivity contribution in [3.8, 4) is 0 Å². The van der Waals surface area contributed by atoms with Crippen LogP contribution in [0.2, 0.25) is 0 Å². The maximum absolute atomic E-state index is 11.9. The van der Waals surface area contributed by atoms with Gasteiger partial charge in [0.2, 0.25) is 0 Å². The van der Waals surface area contributed by atoms with E-state index in [0.717, 1.165) is 12.3 Å². The summed E-state index contributed by atoms with van der Waals surface area (Å²) in [6, 6.07) is -0.308. The second-order valence-electron chi connectivity index (χ2n) is 7.19. The van der Waals surface area contributed by atoms with Crippen LogP contribution in [0.25, 0.3) is 0 Å². The molecular weight excluding hydrogens is 258 g/mol. The highest BCUT2D eigenvalue weighted by atomic mass is 16.6. The maximum atomic E-state index is 11.9. The Morgan fingerprint density at radius 2 is 2.00 bits per heavy atom. The minimum atomic E-state index is -0.867. The molecule has 0 heterocycles. The van der Waals surface area contributed by atoms with E-state index in [4.69, 9.17) is 9.84 Å². The van der Waals surface area contributed by atoms with Crippen molar-refractivity contribution in [3.05, 3.63) is 0 Å². The van der Waals surface area contributed by atoms with Gasteiger partial charge in [0.15, 0.2) is 0 Å². The number of carboxylic acid groups (broad SMARTS) is 1. The average Bonchev–Trinajstić information content (AvgIpc) is 2.85. The monoisotopic (exact) mass is 283 g/mol. The van der Waals surface area contributed by atoms with Crippen LogP contribution < -0.4 is 5.32 Å². The molecule has 2 fully saturated rings. The number of rotatable bonds is 4. The van der Waals surface area contributed by atoms with Crippen LogP contribution in [0.15, 0.2) is 0 Å². The van der Waals surface area contributed by atoms with Gasteiger partial charge >= 0.3 is 12.1 Å². The first-order chi connectivity index (χ1) is 9.24. The highest BCUT2D eigenvalue weighted by Gasteiger charge is 2.44. The Kier molecular flexibility index (Phi) is 4.25. The molecule has 3 unspecified atom stereocenters. The zero-order valence-electron chi connectivity index (χ0n) is 12.5. The van der Waals surface area contributed by atoms with E-state index in [2.05, 4.69) is 5.32 Å². The van der Waals surface area contributed by atoms with Crippen molar-refractivity contribution in [2.24, 2.45) is 17.8 Å². The molecule has 114 valence electrons. The SMILES string of the molecule is CC(C)(C)OC(=O)N[C@H](CC(=O)O)C1CC2CCC1C2. The zero-order valence-corrected chi connectivity index (χ0v) is 12.5. The molecule has 4 atom stereocenters. The van der Waals surface area contributed by atoms with E-state index in [-0.39, 0.29) is 18.4 Å². The first-order valence-electron chi connectivity index (χ1n) is 7.46. The molecule has 5 nitrogen and oxygen atoms in total. The summed E-state index contributed by atoms with van der Waals surface area (Å²) in [6.07, 6.45) is 4.13. The van der Waals surface area contributed by atoms with E-state index in [1.807, 2.05) is 0 Å². The van der Waals surface area contributed by atoms with Crippen molar-refractivity contribution in [2.45, 2.75) is 64.5 Å². The molecule has 0 saturated heterocycles. The van der Waals surface area contributed by atoms with Crippen molar-refractivity contribution < 1.29 is 19.4 Å². The molecule has 2 aliphatic carbocycles. The minimum Gasteiger partial charge on any atom is -0.481 e. The number of alkyl carbamates (subject to hydrolysis) is 1. The highest BCUT2D eigenvalue weighted by Crippen LogP contribution is 2.50. The molecule has 20 heavy (non-hydrogen) atoms. The number of carboxylic acids is 1. The minimum absolute atomic E-state index is 0.0207. The van der Waals surface area contributed by atoms with E-state index in [0.29, 0.717) is 5.92 Å². The number of carbonyl (C=O) groups excluding carboxylic acids is 1. The van der Waals surface area contributed by atoms with E-state index in [1.54, 1.807) is 20.8 Å². The van der Waals surface area contributed by atoms with Gasteiger partial charge < -0.3 is 15.2 Å². The number of nitrogens with one attached hydrogen (secondary N) is 1. The van der Waals surface area contributed by atoms with Gasteiger partial charge in [0, 0.05) is 6.04 Å². The van der Waals surface area contributed by atoms with Crippen molar-refractivity contribution in [3.63, 3.8) is 0 Å². The fourth-order valence-corrected chi connectivity index (χ4v) is 3.74. The average molecular weight is 283 g/mol. The molecule has 0 aromatic heterocycles. The predicted octanol–water partition coefficient (Wildman–Crippen LogP) is 2.79. The van der Waals surface area contributed by atoms with Gasteiger partial charge in [-0.05, 0) is 57.8 Å². The van der Waals surface area contributed by atoms with Gasteiger partial charge in [0.25, 0.3) is 0 Å². The molecular formula is C15H25NO4. The fraction of sp³-hybridized carbons (Fsp3) is 0.867. The van der Waals surface area contributed by atoms with Crippen LogP contribution in [0, 0.1) is 17.8 Å². The van der Waals surface area contributed by atoms with Crippen LogP contribution in [0.1, 0.15) is 52.9 Å². The van der Waals surface area contributed by atoms with Crippen LogP contribution in [0.3, 0.4) is 0 Å². The van der Waals surface area contributed by atoms with Crippen LogP contribution in [0.5, 0.6) is 0 Å².